The van der Waals surface area contributed by atoms with E-state index in [4.69, 9.17) is 16.2 Å². The summed E-state index contributed by atoms with van der Waals surface area (Å²) in [5.74, 6) is -0.448. The van der Waals surface area contributed by atoms with Crippen LogP contribution in [0.15, 0.2) is 0 Å². The summed E-state index contributed by atoms with van der Waals surface area (Å²) >= 11 is 0. The fourth-order valence-corrected chi connectivity index (χ4v) is 0.590. The Morgan fingerprint density at radius 1 is 1.70 bits per heavy atom. The number of rotatable bonds is 5. The number of ether oxygens (including phenoxy) is 1. The molecule has 0 radical (unpaired) electrons. The Morgan fingerprint density at radius 3 is 2.70 bits per heavy atom. The zero-order chi connectivity index (χ0) is 7.98. The second-order valence-corrected chi connectivity index (χ2v) is 2.14. The van der Waals surface area contributed by atoms with Gasteiger partial charge in [-0.1, -0.05) is 0 Å². The highest BCUT2D eigenvalue weighted by Crippen LogP contribution is 1.92. The van der Waals surface area contributed by atoms with E-state index >= 15 is 0 Å². The van der Waals surface area contributed by atoms with Crippen LogP contribution in [0.3, 0.4) is 0 Å². The molecular weight excluding hydrogens is 132 g/mol. The Labute approximate surface area is 60.5 Å². The summed E-state index contributed by atoms with van der Waals surface area (Å²) in [4.78, 5) is 10.3. The van der Waals surface area contributed by atoms with Gasteiger partial charge in [-0.15, -0.1) is 0 Å². The number of primary amides is 1. The molecule has 0 saturated heterocycles. The van der Waals surface area contributed by atoms with Crippen molar-refractivity contribution in [3.63, 3.8) is 0 Å². The Hall–Kier alpha value is -0.610. The number of carbonyl (C=O) groups is 1. The molecule has 0 aliphatic heterocycles. The molecule has 0 aliphatic carbocycles. The topological polar surface area (TPSA) is 78.3 Å². The van der Waals surface area contributed by atoms with Crippen molar-refractivity contribution in [2.45, 2.75) is 18.9 Å². The van der Waals surface area contributed by atoms with Crippen molar-refractivity contribution in [1.29, 1.82) is 0 Å². The van der Waals surface area contributed by atoms with Crippen LogP contribution < -0.4 is 11.5 Å². The summed E-state index contributed by atoms with van der Waals surface area (Å²) < 4.78 is 4.76. The highest BCUT2D eigenvalue weighted by molar-refractivity contribution is 5.79. The summed E-state index contributed by atoms with van der Waals surface area (Å²) in [7, 11) is 1.61. The molecular formula is C6H14N2O2. The van der Waals surface area contributed by atoms with Crippen molar-refractivity contribution in [3.8, 4) is 0 Å². The number of hydrogen-bond donors (Lipinski definition) is 2. The predicted octanol–water partition coefficient (Wildman–Crippen LogP) is -0.774. The van der Waals surface area contributed by atoms with Gasteiger partial charge in [0, 0.05) is 13.7 Å². The first-order valence-corrected chi connectivity index (χ1v) is 3.22. The molecule has 4 heteroatoms. The van der Waals surface area contributed by atoms with Crippen LogP contribution in [0.25, 0.3) is 0 Å². The van der Waals surface area contributed by atoms with E-state index in [0.717, 1.165) is 6.42 Å². The maximum absolute atomic E-state index is 10.3. The van der Waals surface area contributed by atoms with E-state index in [2.05, 4.69) is 0 Å². The molecule has 1 amide bonds. The van der Waals surface area contributed by atoms with Gasteiger partial charge in [-0.3, -0.25) is 4.79 Å². The molecule has 60 valence electrons. The molecule has 0 aromatic carbocycles. The maximum Gasteiger partial charge on any atom is 0.234 e. The smallest absolute Gasteiger partial charge is 0.234 e. The summed E-state index contributed by atoms with van der Waals surface area (Å²) in [6, 6.07) is -0.518. The van der Waals surface area contributed by atoms with Crippen molar-refractivity contribution in [2.24, 2.45) is 11.5 Å². The zero-order valence-corrected chi connectivity index (χ0v) is 6.17. The fourth-order valence-electron chi connectivity index (χ4n) is 0.590. The Balaban J connectivity index is 3.21. The van der Waals surface area contributed by atoms with Crippen molar-refractivity contribution in [1.82, 2.24) is 0 Å². The van der Waals surface area contributed by atoms with Gasteiger partial charge in [-0.25, -0.2) is 0 Å². The van der Waals surface area contributed by atoms with Crippen molar-refractivity contribution < 1.29 is 9.53 Å². The standard InChI is InChI=1S/C6H14N2O2/c1-10-4-2-3-5(7)6(8)9/h5H,2-4,7H2,1H3,(H2,8,9). The van der Waals surface area contributed by atoms with E-state index in [1.807, 2.05) is 0 Å². The fraction of sp³-hybridized carbons (Fsp3) is 0.833. The van der Waals surface area contributed by atoms with Crippen LogP contribution in [0.4, 0.5) is 0 Å². The molecule has 0 fully saturated rings. The molecule has 0 bridgehead atoms. The molecule has 0 rings (SSSR count). The molecule has 10 heavy (non-hydrogen) atoms. The minimum Gasteiger partial charge on any atom is -0.385 e. The van der Waals surface area contributed by atoms with Gasteiger partial charge in [0.2, 0.25) is 5.91 Å². The average molecular weight is 146 g/mol. The van der Waals surface area contributed by atoms with Crippen LogP contribution in [-0.4, -0.2) is 25.7 Å². The first-order valence-electron chi connectivity index (χ1n) is 3.22. The van der Waals surface area contributed by atoms with E-state index in [-0.39, 0.29) is 0 Å². The maximum atomic E-state index is 10.3. The van der Waals surface area contributed by atoms with Crippen LogP contribution >= 0.6 is 0 Å². The van der Waals surface area contributed by atoms with Crippen LogP contribution in [0.1, 0.15) is 12.8 Å². The second-order valence-electron chi connectivity index (χ2n) is 2.14. The van der Waals surface area contributed by atoms with Gasteiger partial charge in [0.25, 0.3) is 0 Å². The Bertz CT molecular complexity index is 106. The van der Waals surface area contributed by atoms with Crippen molar-refractivity contribution >= 4 is 5.91 Å². The van der Waals surface area contributed by atoms with Crippen LogP contribution in [0, 0.1) is 0 Å². The summed E-state index contributed by atoms with van der Waals surface area (Å²) in [5, 5.41) is 0. The quantitative estimate of drug-likeness (QED) is 0.500. The van der Waals surface area contributed by atoms with E-state index in [1.54, 1.807) is 7.11 Å². The molecule has 0 aromatic heterocycles. The van der Waals surface area contributed by atoms with Gasteiger partial charge in [0.05, 0.1) is 6.04 Å². The number of nitrogens with two attached hydrogens (primary N) is 2. The molecule has 0 spiro atoms. The predicted molar refractivity (Wildman–Crippen MR) is 38.3 cm³/mol. The van der Waals surface area contributed by atoms with Crippen LogP contribution in [0.2, 0.25) is 0 Å². The van der Waals surface area contributed by atoms with Gasteiger partial charge >= 0.3 is 0 Å². The lowest BCUT2D eigenvalue weighted by atomic mass is 10.2. The number of carbonyl (C=O) groups excluding carboxylic acids is 1. The van der Waals surface area contributed by atoms with Crippen molar-refractivity contribution in [3.05, 3.63) is 0 Å². The number of methoxy groups -OCH3 is 1. The zero-order valence-electron chi connectivity index (χ0n) is 6.17. The van der Waals surface area contributed by atoms with E-state index in [1.165, 1.54) is 0 Å². The van der Waals surface area contributed by atoms with Gasteiger partial charge in [0.1, 0.15) is 0 Å². The van der Waals surface area contributed by atoms with E-state index < -0.39 is 11.9 Å². The van der Waals surface area contributed by atoms with E-state index in [9.17, 15) is 4.79 Å². The minimum atomic E-state index is -0.518. The lowest BCUT2D eigenvalue weighted by molar-refractivity contribution is -0.119. The van der Waals surface area contributed by atoms with Crippen LogP contribution in [-0.2, 0) is 9.53 Å². The molecule has 0 saturated carbocycles. The van der Waals surface area contributed by atoms with Crippen LogP contribution in [0.5, 0.6) is 0 Å². The SMILES string of the molecule is COCCCC(N)C(N)=O. The normalized spacial score (nSPS) is 13.0. The molecule has 0 aromatic rings. The van der Waals surface area contributed by atoms with Gasteiger partial charge < -0.3 is 16.2 Å². The minimum absolute atomic E-state index is 0.448. The first kappa shape index (κ1) is 9.39. The monoisotopic (exact) mass is 146 g/mol. The van der Waals surface area contributed by atoms with Gasteiger partial charge in [0.15, 0.2) is 0 Å². The van der Waals surface area contributed by atoms with Gasteiger partial charge in [-0.2, -0.15) is 0 Å². The van der Waals surface area contributed by atoms with Crippen molar-refractivity contribution in [2.75, 3.05) is 13.7 Å². The molecule has 4 nitrogen and oxygen atoms in total. The lowest BCUT2D eigenvalue weighted by Crippen LogP contribution is -2.36. The third-order valence-corrected chi connectivity index (χ3v) is 1.23. The molecule has 4 N–H and O–H groups in total. The highest BCUT2D eigenvalue weighted by Gasteiger charge is 2.06. The Kier molecular flexibility index (Phi) is 4.88. The van der Waals surface area contributed by atoms with E-state index in [0.29, 0.717) is 13.0 Å². The summed E-state index contributed by atoms with van der Waals surface area (Å²) in [6.07, 6.45) is 1.38. The third kappa shape index (κ3) is 4.29. The number of amides is 1. The average Bonchev–Trinajstić information content (AvgIpc) is 1.88. The van der Waals surface area contributed by atoms with Gasteiger partial charge in [-0.05, 0) is 12.8 Å². The second kappa shape index (κ2) is 5.20. The first-order chi connectivity index (χ1) is 4.68. The number of hydrogen-bond acceptors (Lipinski definition) is 3. The molecule has 0 aliphatic rings. The largest absolute Gasteiger partial charge is 0.385 e. The Morgan fingerprint density at radius 2 is 2.30 bits per heavy atom. The lowest BCUT2D eigenvalue weighted by Gasteiger charge is -2.04. The third-order valence-electron chi connectivity index (χ3n) is 1.23. The molecule has 1 unspecified atom stereocenters. The highest BCUT2D eigenvalue weighted by atomic mass is 16.5. The molecule has 0 heterocycles. The summed E-state index contributed by atoms with van der Waals surface area (Å²) in [5.41, 5.74) is 10.2. The molecule has 1 atom stereocenters. The summed E-state index contributed by atoms with van der Waals surface area (Å²) in [6.45, 7) is 0.626.